The van der Waals surface area contributed by atoms with Crippen LogP contribution in [-0.4, -0.2) is 48.7 Å². The van der Waals surface area contributed by atoms with Crippen molar-refractivity contribution in [2.75, 3.05) is 31.7 Å². The molecule has 1 unspecified atom stereocenters. The molecule has 1 fully saturated rings. The van der Waals surface area contributed by atoms with Gasteiger partial charge < -0.3 is 14.4 Å². The molecular weight excluding hydrogens is 258 g/mol. The van der Waals surface area contributed by atoms with Gasteiger partial charge >= 0.3 is 6.01 Å². The van der Waals surface area contributed by atoms with Crippen molar-refractivity contribution in [3.05, 3.63) is 11.8 Å². The van der Waals surface area contributed by atoms with Gasteiger partial charge in [0.15, 0.2) is 5.78 Å². The van der Waals surface area contributed by atoms with Gasteiger partial charge in [0.2, 0.25) is 0 Å². The molecule has 0 N–H and O–H groups in total. The van der Waals surface area contributed by atoms with Crippen molar-refractivity contribution < 1.29 is 14.3 Å². The van der Waals surface area contributed by atoms with E-state index in [1.54, 1.807) is 6.92 Å². The number of Topliss-reactive ketones (excluding diaryl/α,β-unsaturated/α-hetero) is 1. The molecule has 1 aliphatic heterocycles. The molecular formula is C14H23N3O3. The minimum atomic E-state index is -0.375. The summed E-state index contributed by atoms with van der Waals surface area (Å²) in [6, 6.07) is 2.22. The Hall–Kier alpha value is -1.69. The third-order valence-corrected chi connectivity index (χ3v) is 2.85. The molecule has 20 heavy (non-hydrogen) atoms. The first kappa shape index (κ1) is 16.4. The number of methoxy groups -OCH3 is 1. The number of nitrogens with zero attached hydrogens (tertiary/aromatic N) is 3. The Morgan fingerprint density at radius 1 is 1.45 bits per heavy atom. The topological polar surface area (TPSA) is 64.6 Å². The number of morpholine rings is 1. The van der Waals surface area contributed by atoms with Crippen LogP contribution < -0.4 is 9.64 Å². The average molecular weight is 281 g/mol. The van der Waals surface area contributed by atoms with Crippen molar-refractivity contribution in [1.82, 2.24) is 9.97 Å². The van der Waals surface area contributed by atoms with Crippen molar-refractivity contribution in [3.63, 3.8) is 0 Å². The first-order chi connectivity index (χ1) is 9.60. The van der Waals surface area contributed by atoms with Crippen molar-refractivity contribution in [2.24, 2.45) is 0 Å². The smallest absolute Gasteiger partial charge is 0.318 e. The van der Waals surface area contributed by atoms with Crippen LogP contribution in [0.1, 0.15) is 26.5 Å². The number of carbonyl (C=O) groups is 1. The maximum absolute atomic E-state index is 11.4. The van der Waals surface area contributed by atoms with E-state index in [2.05, 4.69) is 9.97 Å². The Labute approximate surface area is 120 Å². The second kappa shape index (κ2) is 7.79. The van der Waals surface area contributed by atoms with E-state index in [-0.39, 0.29) is 11.9 Å². The molecule has 0 saturated carbocycles. The average Bonchev–Trinajstić information content (AvgIpc) is 2.48. The highest BCUT2D eigenvalue weighted by Crippen LogP contribution is 2.19. The normalized spacial score (nSPS) is 18.1. The quantitative estimate of drug-likeness (QED) is 0.838. The third kappa shape index (κ3) is 4.16. The number of hydrogen-bond donors (Lipinski definition) is 0. The van der Waals surface area contributed by atoms with Crippen LogP contribution in [0.25, 0.3) is 0 Å². The molecule has 0 aliphatic carbocycles. The summed E-state index contributed by atoms with van der Waals surface area (Å²) >= 11 is 0. The zero-order valence-corrected chi connectivity index (χ0v) is 12.8. The summed E-state index contributed by atoms with van der Waals surface area (Å²) in [5, 5.41) is 0. The predicted octanol–water partition coefficient (Wildman–Crippen LogP) is 1.61. The second-order valence-corrected chi connectivity index (χ2v) is 4.27. The number of ether oxygens (including phenoxy) is 2. The van der Waals surface area contributed by atoms with E-state index in [0.717, 1.165) is 11.5 Å². The predicted molar refractivity (Wildman–Crippen MR) is 77.3 cm³/mol. The lowest BCUT2D eigenvalue weighted by atomic mass is 10.2. The number of aromatic nitrogens is 2. The van der Waals surface area contributed by atoms with Crippen molar-refractivity contribution in [3.8, 4) is 6.01 Å². The Morgan fingerprint density at radius 2 is 2.15 bits per heavy atom. The summed E-state index contributed by atoms with van der Waals surface area (Å²) in [6.07, 6.45) is -0.375. The van der Waals surface area contributed by atoms with Gasteiger partial charge in [-0.25, -0.2) is 4.98 Å². The third-order valence-electron chi connectivity index (χ3n) is 2.85. The van der Waals surface area contributed by atoms with E-state index in [9.17, 15) is 4.79 Å². The fraction of sp³-hybridized carbons (Fsp3) is 0.643. The molecule has 112 valence electrons. The largest absolute Gasteiger partial charge is 0.467 e. The van der Waals surface area contributed by atoms with E-state index >= 15 is 0 Å². The molecule has 2 heterocycles. The molecule has 1 aliphatic rings. The number of hydrogen-bond acceptors (Lipinski definition) is 6. The highest BCUT2D eigenvalue weighted by Gasteiger charge is 2.25. The van der Waals surface area contributed by atoms with Crippen LogP contribution in [0.15, 0.2) is 6.07 Å². The Kier molecular flexibility index (Phi) is 6.38. The SMILES string of the molecule is CC.COc1nc(C)cc(N2CCOC(C(C)=O)C2)n1. The van der Waals surface area contributed by atoms with Gasteiger partial charge in [-0.1, -0.05) is 13.8 Å². The van der Waals surface area contributed by atoms with Crippen molar-refractivity contribution in [1.29, 1.82) is 0 Å². The minimum absolute atomic E-state index is 0.0393. The first-order valence-corrected chi connectivity index (χ1v) is 6.87. The monoisotopic (exact) mass is 281 g/mol. The lowest BCUT2D eigenvalue weighted by Gasteiger charge is -2.32. The van der Waals surface area contributed by atoms with Gasteiger partial charge in [0.1, 0.15) is 11.9 Å². The maximum Gasteiger partial charge on any atom is 0.318 e. The maximum atomic E-state index is 11.4. The van der Waals surface area contributed by atoms with Gasteiger partial charge in [0.05, 0.1) is 20.3 Å². The molecule has 1 saturated heterocycles. The summed E-state index contributed by atoms with van der Waals surface area (Å²) in [4.78, 5) is 21.8. The summed E-state index contributed by atoms with van der Waals surface area (Å²) < 4.78 is 10.5. The zero-order valence-electron chi connectivity index (χ0n) is 12.8. The Bertz CT molecular complexity index is 451. The van der Waals surface area contributed by atoms with E-state index < -0.39 is 0 Å². The number of anilines is 1. The van der Waals surface area contributed by atoms with Crippen LogP contribution in [0.5, 0.6) is 6.01 Å². The molecule has 2 rings (SSSR count). The van der Waals surface area contributed by atoms with Gasteiger partial charge in [0, 0.05) is 18.3 Å². The molecule has 0 spiro atoms. The van der Waals surface area contributed by atoms with Crippen molar-refractivity contribution in [2.45, 2.75) is 33.8 Å². The zero-order chi connectivity index (χ0) is 15.1. The number of ketones is 1. The molecule has 0 bridgehead atoms. The van der Waals surface area contributed by atoms with Gasteiger partial charge in [-0.05, 0) is 13.8 Å². The van der Waals surface area contributed by atoms with E-state index in [1.807, 2.05) is 31.7 Å². The number of carbonyl (C=O) groups excluding carboxylic acids is 1. The lowest BCUT2D eigenvalue weighted by Crippen LogP contribution is -2.45. The van der Waals surface area contributed by atoms with Crippen LogP contribution in [0.4, 0.5) is 5.82 Å². The fourth-order valence-electron chi connectivity index (χ4n) is 1.88. The Morgan fingerprint density at radius 3 is 2.75 bits per heavy atom. The molecule has 1 aromatic rings. The summed E-state index contributed by atoms with van der Waals surface area (Å²) in [5.41, 5.74) is 0.836. The van der Waals surface area contributed by atoms with Gasteiger partial charge in [-0.2, -0.15) is 4.98 Å². The van der Waals surface area contributed by atoms with Gasteiger partial charge in [-0.15, -0.1) is 0 Å². The highest BCUT2D eigenvalue weighted by atomic mass is 16.5. The van der Waals surface area contributed by atoms with Crippen LogP contribution in [0.2, 0.25) is 0 Å². The summed E-state index contributed by atoms with van der Waals surface area (Å²) in [5.74, 6) is 0.811. The lowest BCUT2D eigenvalue weighted by molar-refractivity contribution is -0.128. The molecule has 1 atom stereocenters. The summed E-state index contributed by atoms with van der Waals surface area (Å²) in [6.45, 7) is 9.19. The summed E-state index contributed by atoms with van der Waals surface area (Å²) in [7, 11) is 1.54. The van der Waals surface area contributed by atoms with Crippen molar-refractivity contribution >= 4 is 11.6 Å². The standard InChI is InChI=1S/C12H17N3O3.C2H6/c1-8-6-11(14-12(13-8)17-3)15-4-5-18-10(7-15)9(2)16;1-2/h6,10H,4-5,7H2,1-3H3;1-2H3. The van der Waals surface area contributed by atoms with Gasteiger partial charge in [-0.3, -0.25) is 4.79 Å². The minimum Gasteiger partial charge on any atom is -0.467 e. The molecule has 1 aromatic heterocycles. The number of rotatable bonds is 3. The second-order valence-electron chi connectivity index (χ2n) is 4.27. The van der Waals surface area contributed by atoms with Crippen LogP contribution in [-0.2, 0) is 9.53 Å². The van der Waals surface area contributed by atoms with Crippen LogP contribution in [0.3, 0.4) is 0 Å². The molecule has 0 amide bonds. The highest BCUT2D eigenvalue weighted by molar-refractivity contribution is 5.81. The van der Waals surface area contributed by atoms with E-state index in [1.165, 1.54) is 7.11 Å². The van der Waals surface area contributed by atoms with Crippen LogP contribution in [0, 0.1) is 6.92 Å². The molecule has 6 heteroatoms. The van der Waals surface area contributed by atoms with Crippen LogP contribution >= 0.6 is 0 Å². The van der Waals surface area contributed by atoms with E-state index in [0.29, 0.717) is 25.7 Å². The Balaban J connectivity index is 0.000000956. The fourth-order valence-corrected chi connectivity index (χ4v) is 1.88. The molecule has 0 radical (unpaired) electrons. The molecule has 0 aromatic carbocycles. The number of aryl methyl sites for hydroxylation is 1. The first-order valence-electron chi connectivity index (χ1n) is 6.87. The molecule has 6 nitrogen and oxygen atoms in total. The van der Waals surface area contributed by atoms with E-state index in [4.69, 9.17) is 9.47 Å². The van der Waals surface area contributed by atoms with Gasteiger partial charge in [0.25, 0.3) is 0 Å².